The molecule has 4 rings (SSSR count). The highest BCUT2D eigenvalue weighted by Crippen LogP contribution is 2.48. The topological polar surface area (TPSA) is 24.3 Å². The van der Waals surface area contributed by atoms with Crippen molar-refractivity contribution in [1.29, 1.82) is 0 Å². The number of hydrogen-bond acceptors (Lipinski definition) is 3. The van der Waals surface area contributed by atoms with E-state index in [-0.39, 0.29) is 0 Å². The molecule has 2 fully saturated rings. The Morgan fingerprint density at radius 2 is 1.59 bits per heavy atom. The molecule has 0 N–H and O–H groups in total. The second-order valence-electron chi connectivity index (χ2n) is 8.89. The van der Waals surface area contributed by atoms with E-state index in [0.29, 0.717) is 11.5 Å². The Hall–Kier alpha value is -1.65. The van der Waals surface area contributed by atoms with Gasteiger partial charge in [-0.05, 0) is 46.1 Å². The average Bonchev–Trinajstić information content (AvgIpc) is 3.40. The van der Waals surface area contributed by atoms with Crippen LogP contribution < -0.4 is 0 Å². The van der Waals surface area contributed by atoms with Crippen LogP contribution in [-0.2, 0) is 12.0 Å². The van der Waals surface area contributed by atoms with Crippen LogP contribution in [0.15, 0.2) is 30.3 Å². The van der Waals surface area contributed by atoms with E-state index in [0.717, 1.165) is 19.6 Å². The summed E-state index contributed by atoms with van der Waals surface area (Å²) >= 11 is 0. The first-order valence-electron chi connectivity index (χ1n) is 10.5. The zero-order valence-corrected chi connectivity index (χ0v) is 17.4. The lowest BCUT2D eigenvalue weighted by Crippen LogP contribution is -2.48. The van der Waals surface area contributed by atoms with Crippen molar-refractivity contribution in [3.63, 3.8) is 0 Å². The van der Waals surface area contributed by atoms with Crippen LogP contribution in [0.2, 0.25) is 0 Å². The first-order valence-corrected chi connectivity index (χ1v) is 10.5. The summed E-state index contributed by atoms with van der Waals surface area (Å²) in [6.07, 6.45) is 2.70. The van der Waals surface area contributed by atoms with E-state index in [9.17, 15) is 0 Å². The molecule has 0 bridgehead atoms. The fourth-order valence-corrected chi connectivity index (χ4v) is 4.67. The molecular weight excluding hydrogens is 332 g/mol. The molecule has 1 aromatic heterocycles. The number of nitrogens with zero attached hydrogens (tertiary/aromatic N) is 4. The van der Waals surface area contributed by atoms with Crippen molar-refractivity contribution in [2.24, 2.45) is 0 Å². The highest BCUT2D eigenvalue weighted by Gasteiger charge is 2.45. The molecule has 1 aromatic carbocycles. The van der Waals surface area contributed by atoms with Crippen molar-refractivity contribution >= 4 is 0 Å². The maximum absolute atomic E-state index is 4.76. The third-order valence-corrected chi connectivity index (χ3v) is 6.58. The van der Waals surface area contributed by atoms with Crippen molar-refractivity contribution in [2.45, 2.75) is 58.5 Å². The summed E-state index contributed by atoms with van der Waals surface area (Å²) in [5.74, 6) is 0. The van der Waals surface area contributed by atoms with Crippen LogP contribution >= 0.6 is 0 Å². The van der Waals surface area contributed by atoms with Gasteiger partial charge in [0.25, 0.3) is 0 Å². The fraction of sp³-hybridized carbons (Fsp3) is 0.609. The van der Waals surface area contributed by atoms with Crippen molar-refractivity contribution < 1.29 is 0 Å². The summed E-state index contributed by atoms with van der Waals surface area (Å²) in [6, 6.07) is 11.6. The van der Waals surface area contributed by atoms with E-state index in [2.05, 4.69) is 72.5 Å². The monoisotopic (exact) mass is 366 g/mol. The first kappa shape index (κ1) is 18.7. The van der Waals surface area contributed by atoms with Crippen LogP contribution in [0.3, 0.4) is 0 Å². The Balaban J connectivity index is 1.34. The minimum absolute atomic E-state index is 0.432. The van der Waals surface area contributed by atoms with Gasteiger partial charge in [0.1, 0.15) is 0 Å². The van der Waals surface area contributed by atoms with Gasteiger partial charge in [0.05, 0.1) is 5.69 Å². The normalized spacial score (nSPS) is 20.3. The van der Waals surface area contributed by atoms with Crippen molar-refractivity contribution in [3.8, 4) is 0 Å². The van der Waals surface area contributed by atoms with Crippen LogP contribution in [-0.4, -0.2) is 52.3 Å². The predicted octanol–water partition coefficient (Wildman–Crippen LogP) is 3.93. The molecular formula is C23H34N4. The van der Waals surface area contributed by atoms with Crippen molar-refractivity contribution in [3.05, 3.63) is 52.8 Å². The van der Waals surface area contributed by atoms with E-state index in [1.165, 1.54) is 49.4 Å². The first-order chi connectivity index (χ1) is 13.0. The maximum atomic E-state index is 4.76. The lowest BCUT2D eigenvalue weighted by atomic mass is 9.95. The number of benzene rings is 1. The molecule has 4 heteroatoms. The number of piperazine rings is 1. The van der Waals surface area contributed by atoms with Gasteiger partial charge in [0, 0.05) is 62.0 Å². The molecule has 27 heavy (non-hydrogen) atoms. The van der Waals surface area contributed by atoms with Gasteiger partial charge in [-0.1, -0.05) is 30.3 Å². The summed E-state index contributed by atoms with van der Waals surface area (Å²) in [7, 11) is 0. The van der Waals surface area contributed by atoms with Gasteiger partial charge >= 0.3 is 0 Å². The second kappa shape index (κ2) is 7.40. The fourth-order valence-electron chi connectivity index (χ4n) is 4.67. The van der Waals surface area contributed by atoms with Crippen LogP contribution in [0.4, 0.5) is 0 Å². The van der Waals surface area contributed by atoms with E-state index in [1.54, 1.807) is 5.56 Å². The van der Waals surface area contributed by atoms with E-state index >= 15 is 0 Å². The minimum Gasteiger partial charge on any atom is -0.300 e. The van der Waals surface area contributed by atoms with Gasteiger partial charge < -0.3 is 0 Å². The summed E-state index contributed by atoms with van der Waals surface area (Å²) in [6.45, 7) is 15.8. The molecule has 0 radical (unpaired) electrons. The second-order valence-corrected chi connectivity index (χ2v) is 8.89. The van der Waals surface area contributed by atoms with Gasteiger partial charge in [0.2, 0.25) is 0 Å². The zero-order valence-electron chi connectivity index (χ0n) is 17.4. The largest absolute Gasteiger partial charge is 0.300 e. The molecule has 2 aliphatic rings. The smallest absolute Gasteiger partial charge is 0.0641 e. The molecule has 1 saturated heterocycles. The van der Waals surface area contributed by atoms with Gasteiger partial charge in [-0.2, -0.15) is 5.10 Å². The third-order valence-electron chi connectivity index (χ3n) is 6.58. The Morgan fingerprint density at radius 3 is 2.15 bits per heavy atom. The van der Waals surface area contributed by atoms with Crippen LogP contribution in [0.5, 0.6) is 0 Å². The molecule has 0 unspecified atom stereocenters. The Morgan fingerprint density at radius 1 is 0.963 bits per heavy atom. The average molecular weight is 367 g/mol. The SMILES string of the molecule is Cc1nn(C(C)C)c(C)c1CN1CCN(CC2(c3ccccc3)CC2)CC1. The van der Waals surface area contributed by atoms with Gasteiger partial charge in [0.15, 0.2) is 0 Å². The molecule has 0 atom stereocenters. The molecule has 146 valence electrons. The van der Waals surface area contributed by atoms with Crippen LogP contribution in [0.1, 0.15) is 55.2 Å². The van der Waals surface area contributed by atoms with E-state index in [4.69, 9.17) is 5.10 Å². The van der Waals surface area contributed by atoms with Crippen molar-refractivity contribution in [1.82, 2.24) is 19.6 Å². The zero-order chi connectivity index (χ0) is 19.0. The number of aromatic nitrogens is 2. The molecule has 1 saturated carbocycles. The van der Waals surface area contributed by atoms with Gasteiger partial charge in [-0.25, -0.2) is 0 Å². The van der Waals surface area contributed by atoms with Gasteiger partial charge in [-0.3, -0.25) is 14.5 Å². The summed E-state index contributed by atoms with van der Waals surface area (Å²) < 4.78 is 2.18. The van der Waals surface area contributed by atoms with E-state index < -0.39 is 0 Å². The molecule has 1 aliphatic heterocycles. The predicted molar refractivity (Wildman–Crippen MR) is 111 cm³/mol. The number of aryl methyl sites for hydroxylation is 1. The minimum atomic E-state index is 0.432. The summed E-state index contributed by atoms with van der Waals surface area (Å²) in [5.41, 5.74) is 5.95. The van der Waals surface area contributed by atoms with Gasteiger partial charge in [-0.15, -0.1) is 0 Å². The molecule has 0 spiro atoms. The Bertz CT molecular complexity index is 765. The lowest BCUT2D eigenvalue weighted by Gasteiger charge is -2.37. The van der Waals surface area contributed by atoms with Crippen LogP contribution in [0, 0.1) is 13.8 Å². The Labute approximate surface area is 164 Å². The molecule has 0 amide bonds. The third kappa shape index (κ3) is 3.83. The molecule has 2 aromatic rings. The standard InChI is InChI=1S/C23H34N4/c1-18(2)27-20(4)22(19(3)24-27)16-25-12-14-26(15-13-25)17-23(10-11-23)21-8-6-5-7-9-21/h5-9,18H,10-17H2,1-4H3. The Kier molecular flexibility index (Phi) is 5.13. The molecule has 1 aliphatic carbocycles. The molecule has 2 heterocycles. The number of rotatable bonds is 6. The maximum Gasteiger partial charge on any atom is 0.0641 e. The highest BCUT2D eigenvalue weighted by atomic mass is 15.3. The summed E-state index contributed by atoms with van der Waals surface area (Å²) in [5, 5.41) is 4.76. The van der Waals surface area contributed by atoms with Crippen LogP contribution in [0.25, 0.3) is 0 Å². The summed E-state index contributed by atoms with van der Waals surface area (Å²) in [4.78, 5) is 5.30. The number of hydrogen-bond donors (Lipinski definition) is 0. The quantitative estimate of drug-likeness (QED) is 0.774. The van der Waals surface area contributed by atoms with Crippen molar-refractivity contribution in [2.75, 3.05) is 32.7 Å². The highest BCUT2D eigenvalue weighted by molar-refractivity contribution is 5.31. The lowest BCUT2D eigenvalue weighted by molar-refractivity contribution is 0.118. The van der Waals surface area contributed by atoms with E-state index in [1.807, 2.05) is 0 Å². The molecule has 4 nitrogen and oxygen atoms in total.